The molecule has 0 saturated heterocycles. The number of hydrogen-bond donors (Lipinski definition) is 0. The first kappa shape index (κ1) is 19.4. The van der Waals surface area contributed by atoms with Gasteiger partial charge >= 0.3 is 5.97 Å². The van der Waals surface area contributed by atoms with Crippen molar-refractivity contribution < 1.29 is 13.9 Å². The van der Waals surface area contributed by atoms with Gasteiger partial charge in [-0.2, -0.15) is 0 Å². The summed E-state index contributed by atoms with van der Waals surface area (Å²) in [4.78, 5) is 13.1. The quantitative estimate of drug-likeness (QED) is 0.606. The summed E-state index contributed by atoms with van der Waals surface area (Å²) < 4.78 is 19.4. The summed E-state index contributed by atoms with van der Waals surface area (Å²) >= 11 is 0. The van der Waals surface area contributed by atoms with Gasteiger partial charge < -0.3 is 4.74 Å². The third-order valence-electron chi connectivity index (χ3n) is 6.60. The Balaban J connectivity index is 1.72. The number of halogens is 1. The molecule has 1 aromatic carbocycles. The maximum Gasteiger partial charge on any atom is 0.309 e. The van der Waals surface area contributed by atoms with E-state index in [0.717, 1.165) is 44.1 Å². The lowest BCUT2D eigenvalue weighted by Crippen LogP contribution is -2.38. The van der Waals surface area contributed by atoms with Crippen molar-refractivity contribution in [1.29, 1.82) is 0 Å². The zero-order chi connectivity index (χ0) is 18.7. The van der Waals surface area contributed by atoms with Crippen molar-refractivity contribution in [3.8, 4) is 0 Å². The highest BCUT2D eigenvalue weighted by Gasteiger charge is 2.38. The molecule has 0 amide bonds. The third-order valence-corrected chi connectivity index (χ3v) is 6.60. The third kappa shape index (κ3) is 4.47. The number of carbonyl (C=O) groups excluding carboxylic acids is 1. The first-order chi connectivity index (χ1) is 12.5. The van der Waals surface area contributed by atoms with Crippen LogP contribution in [0.15, 0.2) is 24.3 Å². The SMILES string of the molecule is CC(C)[C@@H]1CC[C@@H](C)CC1OC(=O)C1CCCCC1c1ccc(F)cc1. The van der Waals surface area contributed by atoms with Gasteiger partial charge in [-0.05, 0) is 67.1 Å². The fraction of sp³-hybridized carbons (Fsp3) is 0.696. The van der Waals surface area contributed by atoms with Crippen LogP contribution < -0.4 is 0 Å². The zero-order valence-corrected chi connectivity index (χ0v) is 16.4. The second kappa shape index (κ2) is 8.54. The van der Waals surface area contributed by atoms with Gasteiger partial charge in [-0.15, -0.1) is 0 Å². The molecular weight excluding hydrogens is 327 g/mol. The lowest BCUT2D eigenvalue weighted by Gasteiger charge is -2.38. The summed E-state index contributed by atoms with van der Waals surface area (Å²) in [5, 5.41) is 0. The summed E-state index contributed by atoms with van der Waals surface area (Å²) in [6, 6.07) is 6.68. The number of carbonyl (C=O) groups is 1. The molecule has 3 rings (SSSR count). The van der Waals surface area contributed by atoms with Crippen LogP contribution in [-0.4, -0.2) is 12.1 Å². The Morgan fingerprint density at radius 2 is 1.77 bits per heavy atom. The van der Waals surface area contributed by atoms with E-state index in [1.165, 1.54) is 18.6 Å². The smallest absolute Gasteiger partial charge is 0.309 e. The monoisotopic (exact) mass is 360 g/mol. The minimum atomic E-state index is -0.223. The first-order valence-electron chi connectivity index (χ1n) is 10.4. The molecule has 1 aromatic rings. The van der Waals surface area contributed by atoms with Crippen LogP contribution in [0.3, 0.4) is 0 Å². The van der Waals surface area contributed by atoms with Gasteiger partial charge in [0.05, 0.1) is 5.92 Å². The predicted octanol–water partition coefficient (Wildman–Crippen LogP) is 6.10. The van der Waals surface area contributed by atoms with Crippen LogP contribution in [-0.2, 0) is 9.53 Å². The molecule has 3 unspecified atom stereocenters. The van der Waals surface area contributed by atoms with Crippen LogP contribution in [0.5, 0.6) is 0 Å². The topological polar surface area (TPSA) is 26.3 Å². The van der Waals surface area contributed by atoms with Crippen molar-refractivity contribution in [2.45, 2.75) is 77.7 Å². The van der Waals surface area contributed by atoms with Gasteiger partial charge in [0.2, 0.25) is 0 Å². The summed E-state index contributed by atoms with van der Waals surface area (Å²) in [7, 11) is 0. The van der Waals surface area contributed by atoms with E-state index in [-0.39, 0.29) is 29.7 Å². The average molecular weight is 361 g/mol. The number of rotatable bonds is 4. The van der Waals surface area contributed by atoms with Gasteiger partial charge in [-0.25, -0.2) is 4.39 Å². The van der Waals surface area contributed by atoms with E-state index >= 15 is 0 Å². The molecule has 2 aliphatic carbocycles. The van der Waals surface area contributed by atoms with Crippen molar-refractivity contribution >= 4 is 5.97 Å². The number of ether oxygens (including phenoxy) is 1. The number of esters is 1. The molecule has 0 spiro atoms. The van der Waals surface area contributed by atoms with Crippen LogP contribution >= 0.6 is 0 Å². The maximum atomic E-state index is 13.3. The van der Waals surface area contributed by atoms with E-state index in [0.29, 0.717) is 17.8 Å². The largest absolute Gasteiger partial charge is 0.462 e. The highest BCUT2D eigenvalue weighted by atomic mass is 19.1. The van der Waals surface area contributed by atoms with E-state index < -0.39 is 0 Å². The molecule has 26 heavy (non-hydrogen) atoms. The molecule has 0 radical (unpaired) electrons. The molecule has 0 aliphatic heterocycles. The van der Waals surface area contributed by atoms with E-state index in [2.05, 4.69) is 20.8 Å². The Morgan fingerprint density at radius 3 is 2.46 bits per heavy atom. The van der Waals surface area contributed by atoms with Crippen LogP contribution in [0.25, 0.3) is 0 Å². The maximum absolute atomic E-state index is 13.3. The number of hydrogen-bond acceptors (Lipinski definition) is 2. The summed E-state index contributed by atoms with van der Waals surface area (Å²) in [5.41, 5.74) is 1.07. The predicted molar refractivity (Wildman–Crippen MR) is 102 cm³/mol. The van der Waals surface area contributed by atoms with Gasteiger partial charge in [0.1, 0.15) is 11.9 Å². The van der Waals surface area contributed by atoms with Crippen molar-refractivity contribution in [2.24, 2.45) is 23.7 Å². The molecule has 2 nitrogen and oxygen atoms in total. The lowest BCUT2D eigenvalue weighted by molar-refractivity contribution is -0.162. The Labute approximate surface area is 157 Å². The normalized spacial score (nSPS) is 32.4. The molecule has 5 atom stereocenters. The van der Waals surface area contributed by atoms with Gasteiger partial charge in [0, 0.05) is 0 Å². The Bertz CT molecular complexity index is 595. The zero-order valence-electron chi connectivity index (χ0n) is 16.4. The second-order valence-electron chi connectivity index (χ2n) is 8.85. The van der Waals surface area contributed by atoms with Crippen LogP contribution in [0.4, 0.5) is 4.39 Å². The molecule has 2 fully saturated rings. The molecule has 144 valence electrons. The van der Waals surface area contributed by atoms with Crippen LogP contribution in [0, 0.1) is 29.5 Å². The van der Waals surface area contributed by atoms with Crippen LogP contribution in [0.2, 0.25) is 0 Å². The minimum Gasteiger partial charge on any atom is -0.462 e. The van der Waals surface area contributed by atoms with Gasteiger partial charge in [-0.3, -0.25) is 4.79 Å². The van der Waals surface area contributed by atoms with E-state index in [1.54, 1.807) is 0 Å². The molecule has 2 aliphatic rings. The Kier molecular flexibility index (Phi) is 6.37. The molecular formula is C23H33FO2. The van der Waals surface area contributed by atoms with Gasteiger partial charge in [0.25, 0.3) is 0 Å². The van der Waals surface area contributed by atoms with Crippen molar-refractivity contribution in [2.75, 3.05) is 0 Å². The highest BCUT2D eigenvalue weighted by molar-refractivity contribution is 5.74. The summed E-state index contributed by atoms with van der Waals surface area (Å²) in [6.07, 6.45) is 7.51. The van der Waals surface area contributed by atoms with E-state index in [1.807, 2.05) is 12.1 Å². The van der Waals surface area contributed by atoms with E-state index in [4.69, 9.17) is 4.74 Å². The highest BCUT2D eigenvalue weighted by Crippen LogP contribution is 2.41. The van der Waals surface area contributed by atoms with Crippen molar-refractivity contribution in [3.63, 3.8) is 0 Å². The van der Waals surface area contributed by atoms with Crippen molar-refractivity contribution in [1.82, 2.24) is 0 Å². The fourth-order valence-electron chi connectivity index (χ4n) is 5.01. The summed E-state index contributed by atoms with van der Waals surface area (Å²) in [5.74, 6) is 1.47. The molecule has 3 heteroatoms. The van der Waals surface area contributed by atoms with Gasteiger partial charge in [-0.1, -0.05) is 52.2 Å². The van der Waals surface area contributed by atoms with Crippen molar-refractivity contribution in [3.05, 3.63) is 35.6 Å². The Hall–Kier alpha value is -1.38. The molecule has 2 saturated carbocycles. The van der Waals surface area contributed by atoms with E-state index in [9.17, 15) is 9.18 Å². The second-order valence-corrected chi connectivity index (χ2v) is 8.85. The molecule has 0 heterocycles. The van der Waals surface area contributed by atoms with Gasteiger partial charge in [0.15, 0.2) is 0 Å². The average Bonchev–Trinajstić information content (AvgIpc) is 2.62. The fourth-order valence-corrected chi connectivity index (χ4v) is 5.01. The minimum absolute atomic E-state index is 0.0243. The Morgan fingerprint density at radius 1 is 1.08 bits per heavy atom. The number of benzene rings is 1. The summed E-state index contributed by atoms with van der Waals surface area (Å²) in [6.45, 7) is 6.74. The molecule has 0 bridgehead atoms. The molecule has 0 N–H and O–H groups in total. The van der Waals surface area contributed by atoms with Crippen LogP contribution in [0.1, 0.15) is 77.2 Å². The lowest BCUT2D eigenvalue weighted by atomic mass is 9.74. The molecule has 0 aromatic heterocycles. The first-order valence-corrected chi connectivity index (χ1v) is 10.4. The standard InChI is InChI=1S/C23H33FO2/c1-15(2)19-13-8-16(3)14-22(19)26-23(25)21-7-5-4-6-20(21)17-9-11-18(24)12-10-17/h9-12,15-16,19-22H,4-8,13-14H2,1-3H3/t16-,19+,20?,21?,22?/m1/s1.